The van der Waals surface area contributed by atoms with Crippen LogP contribution in [0.1, 0.15) is 24.4 Å². The predicted molar refractivity (Wildman–Crippen MR) is 146 cm³/mol. The van der Waals surface area contributed by atoms with Crippen molar-refractivity contribution in [1.82, 2.24) is 19.4 Å². The molecule has 2 N–H and O–H groups in total. The van der Waals surface area contributed by atoms with Crippen LogP contribution in [0, 0.1) is 6.92 Å². The molecule has 0 bridgehead atoms. The summed E-state index contributed by atoms with van der Waals surface area (Å²) >= 11 is 6.00. The van der Waals surface area contributed by atoms with E-state index in [1.165, 1.54) is 6.07 Å². The summed E-state index contributed by atoms with van der Waals surface area (Å²) in [5, 5.41) is 2.14. The Labute approximate surface area is 232 Å². The maximum atomic E-state index is 13.0. The summed E-state index contributed by atoms with van der Waals surface area (Å²) in [7, 11) is -3.77. The molecular formula is C24H28Cl3N5O4S. The van der Waals surface area contributed by atoms with Gasteiger partial charge in [-0.25, -0.2) is 18.2 Å². The fourth-order valence-corrected chi connectivity index (χ4v) is 6.51. The lowest BCUT2D eigenvalue weighted by Crippen LogP contribution is -2.52. The first-order valence-electron chi connectivity index (χ1n) is 11.4. The number of hydrogen-bond donors (Lipinski definition) is 1. The van der Waals surface area contributed by atoms with E-state index in [0.717, 1.165) is 16.5 Å². The number of hydrogen-bond acceptors (Lipinski definition) is 6. The minimum atomic E-state index is -3.77. The molecule has 2 aromatic carbocycles. The Morgan fingerprint density at radius 2 is 1.78 bits per heavy atom. The minimum absolute atomic E-state index is 0. The highest BCUT2D eigenvalue weighted by molar-refractivity contribution is 7.91. The number of sulfone groups is 1. The molecule has 3 aromatic rings. The molecule has 0 spiro atoms. The highest BCUT2D eigenvalue weighted by Gasteiger charge is 2.37. The van der Waals surface area contributed by atoms with E-state index < -0.39 is 27.5 Å². The molecule has 13 heteroatoms. The van der Waals surface area contributed by atoms with Gasteiger partial charge in [-0.2, -0.15) is 0 Å². The van der Waals surface area contributed by atoms with Crippen molar-refractivity contribution in [3.63, 3.8) is 0 Å². The van der Waals surface area contributed by atoms with Crippen LogP contribution in [0.15, 0.2) is 47.5 Å². The smallest absolute Gasteiger partial charge is 0.330 e. The molecule has 5 rings (SSSR count). The van der Waals surface area contributed by atoms with Crippen LogP contribution >= 0.6 is 36.4 Å². The zero-order chi connectivity index (χ0) is 24.9. The molecule has 1 fully saturated rings. The number of likely N-dealkylation sites (tertiary alicyclic amines) is 1. The van der Waals surface area contributed by atoms with Gasteiger partial charge in [-0.3, -0.25) is 9.36 Å². The van der Waals surface area contributed by atoms with Crippen LogP contribution in [0.4, 0.5) is 4.79 Å². The van der Waals surface area contributed by atoms with Gasteiger partial charge in [-0.1, -0.05) is 23.7 Å². The number of nitrogens with zero attached hydrogens (tertiary/aromatic N) is 4. The van der Waals surface area contributed by atoms with Crippen LogP contribution < -0.4 is 5.73 Å². The monoisotopic (exact) mass is 587 g/mol. The van der Waals surface area contributed by atoms with Gasteiger partial charge in [0.25, 0.3) is 0 Å². The number of aromatic nitrogens is 2. The number of halogens is 3. The summed E-state index contributed by atoms with van der Waals surface area (Å²) in [5.41, 5.74) is 6.95. The summed E-state index contributed by atoms with van der Waals surface area (Å²) in [5.74, 6) is -0.196. The van der Waals surface area contributed by atoms with E-state index in [2.05, 4.69) is 4.98 Å². The molecule has 1 atom stereocenters. The molecule has 2 amide bonds. The lowest BCUT2D eigenvalue weighted by molar-refractivity contribution is -0.133. The van der Waals surface area contributed by atoms with Crippen molar-refractivity contribution < 1.29 is 18.0 Å². The second kappa shape index (κ2) is 11.2. The first kappa shape index (κ1) is 29.2. The maximum Gasteiger partial charge on any atom is 0.330 e. The van der Waals surface area contributed by atoms with E-state index in [1.54, 1.807) is 52.9 Å². The summed E-state index contributed by atoms with van der Waals surface area (Å²) < 4.78 is 27.6. The van der Waals surface area contributed by atoms with Crippen LogP contribution in [-0.2, 0) is 21.2 Å². The second-order valence-electron chi connectivity index (χ2n) is 9.14. The first-order valence-corrected chi connectivity index (χ1v) is 13.5. The number of nitrogens with two attached hydrogens (primary N) is 1. The van der Waals surface area contributed by atoms with Gasteiger partial charge in [0.1, 0.15) is 5.82 Å². The Morgan fingerprint density at radius 3 is 2.46 bits per heavy atom. The van der Waals surface area contributed by atoms with Crippen molar-refractivity contribution in [1.29, 1.82) is 0 Å². The molecular weight excluding hydrogens is 561 g/mol. The molecule has 200 valence electrons. The Bertz CT molecular complexity index is 1440. The van der Waals surface area contributed by atoms with Crippen LogP contribution in [0.5, 0.6) is 0 Å². The van der Waals surface area contributed by atoms with E-state index in [-0.39, 0.29) is 41.8 Å². The van der Waals surface area contributed by atoms with Crippen LogP contribution in [0.3, 0.4) is 0 Å². The van der Waals surface area contributed by atoms with Gasteiger partial charge in [0.15, 0.2) is 9.84 Å². The largest absolute Gasteiger partial charge is 0.341 e. The van der Waals surface area contributed by atoms with Gasteiger partial charge in [-0.15, -0.1) is 24.8 Å². The molecule has 1 unspecified atom stereocenters. The summed E-state index contributed by atoms with van der Waals surface area (Å²) in [6.07, 6.45) is 2.94. The number of carbonyl (C=O) groups is 2. The van der Waals surface area contributed by atoms with Gasteiger partial charge >= 0.3 is 6.03 Å². The number of piperidine rings is 1. The number of benzene rings is 2. The van der Waals surface area contributed by atoms with Gasteiger partial charge in [0, 0.05) is 24.2 Å². The average Bonchev–Trinajstić information content (AvgIpc) is 3.37. The van der Waals surface area contributed by atoms with E-state index in [9.17, 15) is 18.0 Å². The molecule has 3 heterocycles. The molecule has 9 nitrogen and oxygen atoms in total. The minimum Gasteiger partial charge on any atom is -0.341 e. The van der Waals surface area contributed by atoms with Crippen LogP contribution in [0.25, 0.3) is 10.8 Å². The van der Waals surface area contributed by atoms with Crippen molar-refractivity contribution in [3.05, 3.63) is 59.1 Å². The number of fused-ring (bicyclic) bond motifs is 2. The Balaban J connectivity index is 0.00000190. The second-order valence-corrected chi connectivity index (χ2v) is 11.6. The maximum absolute atomic E-state index is 13.0. The van der Waals surface area contributed by atoms with E-state index >= 15 is 0 Å². The van der Waals surface area contributed by atoms with Crippen molar-refractivity contribution >= 4 is 69.0 Å². The third-order valence-electron chi connectivity index (χ3n) is 6.85. The molecule has 0 radical (unpaired) electrons. The molecule has 2 aliphatic heterocycles. The van der Waals surface area contributed by atoms with Crippen molar-refractivity contribution in [2.45, 2.75) is 43.3 Å². The van der Waals surface area contributed by atoms with Gasteiger partial charge in [0.05, 0.1) is 35.1 Å². The van der Waals surface area contributed by atoms with Gasteiger partial charge < -0.3 is 15.5 Å². The molecule has 1 saturated heterocycles. The standard InChI is InChI=1S/C24H26ClN5O4S.2ClH/c1-15-27-12-20-13-29(24(32)30(15)20)19-6-8-28(9-7-19)23(31)22(26)14-35(33,34)21-5-3-16-10-18(25)4-2-17(16)11-21;;/h2-5,10-12,19,22H,6-9,13-14,26H2,1H3;2*1H. The summed E-state index contributed by atoms with van der Waals surface area (Å²) in [4.78, 5) is 33.5. The Morgan fingerprint density at radius 1 is 1.14 bits per heavy atom. The molecule has 0 aliphatic carbocycles. The fourth-order valence-electron chi connectivity index (χ4n) is 4.94. The van der Waals surface area contributed by atoms with E-state index in [1.807, 2.05) is 4.90 Å². The number of carbonyl (C=O) groups excluding carboxylic acids is 2. The quantitative estimate of drug-likeness (QED) is 0.488. The lowest BCUT2D eigenvalue weighted by atomic mass is 10.0. The summed E-state index contributed by atoms with van der Waals surface area (Å²) in [6, 6.07) is 8.76. The highest BCUT2D eigenvalue weighted by atomic mass is 35.5. The zero-order valence-corrected chi connectivity index (χ0v) is 23.2. The zero-order valence-electron chi connectivity index (χ0n) is 20.0. The lowest BCUT2D eigenvalue weighted by Gasteiger charge is -2.37. The SMILES string of the molecule is Cc1ncc2n1C(=O)N(C1CCN(C(=O)C(N)CS(=O)(=O)c3ccc4cc(Cl)ccc4c3)CC1)C2.Cl.Cl. The number of amides is 2. The number of rotatable bonds is 5. The van der Waals surface area contributed by atoms with Crippen LogP contribution in [0.2, 0.25) is 5.02 Å². The van der Waals surface area contributed by atoms with E-state index in [0.29, 0.717) is 43.3 Å². The average molecular weight is 589 g/mol. The number of aryl methyl sites for hydroxylation is 1. The third kappa shape index (κ3) is 5.58. The molecule has 1 aromatic heterocycles. The highest BCUT2D eigenvalue weighted by Crippen LogP contribution is 2.27. The van der Waals surface area contributed by atoms with E-state index in [4.69, 9.17) is 17.3 Å². The first-order chi connectivity index (χ1) is 16.6. The molecule has 0 saturated carbocycles. The van der Waals surface area contributed by atoms with Gasteiger partial charge in [-0.05, 0) is 54.8 Å². The topological polar surface area (TPSA) is 119 Å². The Kier molecular flexibility index (Phi) is 8.81. The van der Waals surface area contributed by atoms with Crippen molar-refractivity contribution in [3.8, 4) is 0 Å². The Hall–Kier alpha value is -2.37. The summed E-state index contributed by atoms with van der Waals surface area (Å²) in [6.45, 7) is 3.15. The van der Waals surface area contributed by atoms with Crippen molar-refractivity contribution in [2.75, 3.05) is 18.8 Å². The van der Waals surface area contributed by atoms with Crippen molar-refractivity contribution in [2.24, 2.45) is 5.73 Å². The van der Waals surface area contributed by atoms with Gasteiger partial charge in [0.2, 0.25) is 5.91 Å². The third-order valence-corrected chi connectivity index (χ3v) is 8.85. The molecule has 37 heavy (non-hydrogen) atoms. The predicted octanol–water partition coefficient (Wildman–Crippen LogP) is 3.42. The fraction of sp³-hybridized carbons (Fsp3) is 0.375. The number of imidazole rings is 1. The van der Waals surface area contributed by atoms with Crippen LogP contribution in [-0.4, -0.2) is 70.6 Å². The normalized spacial score (nSPS) is 16.8. The molecule has 2 aliphatic rings.